The second-order valence-corrected chi connectivity index (χ2v) is 4.14. The molecule has 2 heteroatoms. The van der Waals surface area contributed by atoms with Gasteiger partial charge in [-0.1, -0.05) is 18.2 Å². The third kappa shape index (κ3) is 1.75. The van der Waals surface area contributed by atoms with Crippen LogP contribution in [-0.2, 0) is 6.42 Å². The molecule has 0 aliphatic carbocycles. The molecule has 14 heavy (non-hydrogen) atoms. The SMILES string of the molecule is CNCC1Cc2ccccc2N(C)C1. The zero-order valence-electron chi connectivity index (χ0n) is 8.96. The van der Waals surface area contributed by atoms with Gasteiger partial charge in [-0.2, -0.15) is 0 Å². The van der Waals surface area contributed by atoms with Crippen LogP contribution in [0.5, 0.6) is 0 Å². The molecule has 1 aromatic carbocycles. The van der Waals surface area contributed by atoms with Crippen LogP contribution < -0.4 is 10.2 Å². The van der Waals surface area contributed by atoms with Gasteiger partial charge in [0.15, 0.2) is 0 Å². The molecule has 0 bridgehead atoms. The predicted molar refractivity (Wildman–Crippen MR) is 60.8 cm³/mol. The molecule has 2 nitrogen and oxygen atoms in total. The number of anilines is 1. The van der Waals surface area contributed by atoms with Crippen LogP contribution in [0.25, 0.3) is 0 Å². The molecular formula is C12H18N2. The second kappa shape index (κ2) is 4.01. The minimum absolute atomic E-state index is 0.750. The van der Waals surface area contributed by atoms with Gasteiger partial charge in [0.05, 0.1) is 0 Å². The molecule has 1 heterocycles. The van der Waals surface area contributed by atoms with Gasteiger partial charge in [-0.3, -0.25) is 0 Å². The average Bonchev–Trinajstić information content (AvgIpc) is 2.18. The number of rotatable bonds is 2. The van der Waals surface area contributed by atoms with Crippen molar-refractivity contribution in [3.63, 3.8) is 0 Å². The van der Waals surface area contributed by atoms with E-state index in [0.717, 1.165) is 19.0 Å². The Labute approximate surface area is 85.9 Å². The molecule has 1 aliphatic rings. The summed E-state index contributed by atoms with van der Waals surface area (Å²) < 4.78 is 0. The summed E-state index contributed by atoms with van der Waals surface area (Å²) >= 11 is 0. The number of nitrogens with one attached hydrogen (secondary N) is 1. The lowest BCUT2D eigenvalue weighted by atomic mass is 9.93. The Morgan fingerprint density at radius 3 is 3.00 bits per heavy atom. The lowest BCUT2D eigenvalue weighted by molar-refractivity contribution is 0.480. The lowest BCUT2D eigenvalue weighted by Gasteiger charge is -2.33. The van der Waals surface area contributed by atoms with Crippen molar-refractivity contribution in [1.82, 2.24) is 5.32 Å². The maximum Gasteiger partial charge on any atom is 0.0396 e. The van der Waals surface area contributed by atoms with Crippen LogP contribution in [-0.4, -0.2) is 27.2 Å². The van der Waals surface area contributed by atoms with Gasteiger partial charge in [0.1, 0.15) is 0 Å². The number of benzene rings is 1. The summed E-state index contributed by atoms with van der Waals surface area (Å²) in [6, 6.07) is 8.71. The van der Waals surface area contributed by atoms with Crippen LogP contribution >= 0.6 is 0 Å². The highest BCUT2D eigenvalue weighted by molar-refractivity contribution is 5.55. The third-order valence-electron chi connectivity index (χ3n) is 2.94. The van der Waals surface area contributed by atoms with Gasteiger partial charge >= 0.3 is 0 Å². The molecule has 2 rings (SSSR count). The normalized spacial score (nSPS) is 20.7. The van der Waals surface area contributed by atoms with Crippen LogP contribution in [0.3, 0.4) is 0 Å². The molecule has 1 aromatic rings. The van der Waals surface area contributed by atoms with Gasteiger partial charge in [-0.05, 0) is 37.6 Å². The molecule has 1 unspecified atom stereocenters. The fourth-order valence-corrected chi connectivity index (χ4v) is 2.34. The number of fused-ring (bicyclic) bond motifs is 1. The maximum atomic E-state index is 3.26. The number of para-hydroxylation sites is 1. The van der Waals surface area contributed by atoms with E-state index in [1.54, 1.807) is 0 Å². The first-order valence-corrected chi connectivity index (χ1v) is 5.25. The molecule has 76 valence electrons. The number of nitrogens with zero attached hydrogens (tertiary/aromatic N) is 1. The molecule has 0 aromatic heterocycles. The van der Waals surface area contributed by atoms with Crippen molar-refractivity contribution in [2.45, 2.75) is 6.42 Å². The molecular weight excluding hydrogens is 172 g/mol. The average molecular weight is 190 g/mol. The van der Waals surface area contributed by atoms with E-state index < -0.39 is 0 Å². The van der Waals surface area contributed by atoms with E-state index in [-0.39, 0.29) is 0 Å². The standard InChI is InChI=1S/C12H18N2/c1-13-8-10-7-11-5-3-4-6-12(11)14(2)9-10/h3-6,10,13H,7-9H2,1-2H3. The molecule has 0 saturated carbocycles. The van der Waals surface area contributed by atoms with Gasteiger partial charge in [-0.15, -0.1) is 0 Å². The van der Waals surface area contributed by atoms with Crippen molar-refractivity contribution in [3.05, 3.63) is 29.8 Å². The molecule has 1 N–H and O–H groups in total. The summed E-state index contributed by atoms with van der Waals surface area (Å²) in [6.45, 7) is 2.27. The summed E-state index contributed by atoms with van der Waals surface area (Å²) in [4.78, 5) is 2.36. The van der Waals surface area contributed by atoms with Crippen molar-refractivity contribution in [3.8, 4) is 0 Å². The number of hydrogen-bond donors (Lipinski definition) is 1. The van der Waals surface area contributed by atoms with Crippen molar-refractivity contribution >= 4 is 5.69 Å². The first-order chi connectivity index (χ1) is 6.81. The Kier molecular flexibility index (Phi) is 2.73. The lowest BCUT2D eigenvalue weighted by Crippen LogP contribution is -2.36. The number of hydrogen-bond acceptors (Lipinski definition) is 2. The zero-order chi connectivity index (χ0) is 9.97. The molecule has 0 amide bonds. The Balaban J connectivity index is 2.20. The Hall–Kier alpha value is -1.02. The zero-order valence-corrected chi connectivity index (χ0v) is 8.96. The van der Waals surface area contributed by atoms with E-state index in [4.69, 9.17) is 0 Å². The van der Waals surface area contributed by atoms with Gasteiger partial charge in [0, 0.05) is 19.3 Å². The summed E-state index contributed by atoms with van der Waals surface area (Å²) in [7, 11) is 4.21. The highest BCUT2D eigenvalue weighted by atomic mass is 15.1. The van der Waals surface area contributed by atoms with E-state index in [9.17, 15) is 0 Å². The van der Waals surface area contributed by atoms with E-state index in [2.05, 4.69) is 41.5 Å². The van der Waals surface area contributed by atoms with Crippen molar-refractivity contribution < 1.29 is 0 Å². The molecule has 0 saturated heterocycles. The Morgan fingerprint density at radius 1 is 1.43 bits per heavy atom. The maximum absolute atomic E-state index is 3.26. The van der Waals surface area contributed by atoms with E-state index in [0.29, 0.717) is 0 Å². The Morgan fingerprint density at radius 2 is 2.21 bits per heavy atom. The summed E-state index contributed by atoms with van der Waals surface area (Å²) in [5.74, 6) is 0.750. The van der Waals surface area contributed by atoms with Gasteiger partial charge < -0.3 is 10.2 Å². The third-order valence-corrected chi connectivity index (χ3v) is 2.94. The quantitative estimate of drug-likeness (QED) is 0.760. The van der Waals surface area contributed by atoms with E-state index >= 15 is 0 Å². The first-order valence-electron chi connectivity index (χ1n) is 5.25. The van der Waals surface area contributed by atoms with Crippen LogP contribution in [0, 0.1) is 5.92 Å². The fraction of sp³-hybridized carbons (Fsp3) is 0.500. The van der Waals surface area contributed by atoms with E-state index in [1.165, 1.54) is 17.7 Å². The van der Waals surface area contributed by atoms with Crippen LogP contribution in [0.15, 0.2) is 24.3 Å². The summed E-state index contributed by atoms with van der Waals surface area (Å²) in [5.41, 5.74) is 2.89. The van der Waals surface area contributed by atoms with Crippen LogP contribution in [0.1, 0.15) is 5.56 Å². The molecule has 1 atom stereocenters. The van der Waals surface area contributed by atoms with E-state index in [1.807, 2.05) is 7.05 Å². The Bertz CT molecular complexity index is 309. The largest absolute Gasteiger partial charge is 0.374 e. The second-order valence-electron chi connectivity index (χ2n) is 4.14. The van der Waals surface area contributed by atoms with Crippen molar-refractivity contribution in [2.24, 2.45) is 5.92 Å². The van der Waals surface area contributed by atoms with Gasteiger partial charge in [-0.25, -0.2) is 0 Å². The molecule has 0 radical (unpaired) electrons. The monoisotopic (exact) mass is 190 g/mol. The smallest absolute Gasteiger partial charge is 0.0396 e. The first kappa shape index (κ1) is 9.53. The predicted octanol–water partition coefficient (Wildman–Crippen LogP) is 1.51. The molecule has 0 spiro atoms. The van der Waals surface area contributed by atoms with Crippen molar-refractivity contribution in [1.29, 1.82) is 0 Å². The van der Waals surface area contributed by atoms with Crippen molar-refractivity contribution in [2.75, 3.05) is 32.1 Å². The summed E-state index contributed by atoms with van der Waals surface area (Å²) in [5, 5.41) is 3.26. The highest BCUT2D eigenvalue weighted by Gasteiger charge is 2.20. The van der Waals surface area contributed by atoms with Crippen LogP contribution in [0.2, 0.25) is 0 Å². The minimum atomic E-state index is 0.750. The molecule has 1 aliphatic heterocycles. The fourth-order valence-electron chi connectivity index (χ4n) is 2.34. The topological polar surface area (TPSA) is 15.3 Å². The van der Waals surface area contributed by atoms with Crippen LogP contribution in [0.4, 0.5) is 5.69 Å². The van der Waals surface area contributed by atoms with Gasteiger partial charge in [0.2, 0.25) is 0 Å². The molecule has 0 fully saturated rings. The summed E-state index contributed by atoms with van der Waals surface area (Å²) in [6.07, 6.45) is 1.21. The highest BCUT2D eigenvalue weighted by Crippen LogP contribution is 2.27. The minimum Gasteiger partial charge on any atom is -0.374 e. The van der Waals surface area contributed by atoms with Gasteiger partial charge in [0.25, 0.3) is 0 Å².